The molecule has 0 aliphatic carbocycles. The molecule has 0 unspecified atom stereocenters. The summed E-state index contributed by atoms with van der Waals surface area (Å²) in [4.78, 5) is 22.5. The molecule has 0 saturated heterocycles. The minimum Gasteiger partial charge on any atom is -0.480 e. The molecule has 0 bridgehead atoms. The molecule has 0 aromatic carbocycles. The van der Waals surface area contributed by atoms with E-state index in [0.717, 1.165) is 5.75 Å². The Morgan fingerprint density at radius 1 is 1.35 bits per heavy atom. The Morgan fingerprint density at radius 2 is 1.94 bits per heavy atom. The van der Waals surface area contributed by atoms with Crippen molar-refractivity contribution in [3.8, 4) is 0 Å². The first-order valence-corrected chi connectivity index (χ1v) is 6.97. The third-order valence-corrected chi connectivity index (χ3v) is 3.04. The van der Waals surface area contributed by atoms with Crippen LogP contribution >= 0.6 is 11.8 Å². The number of nitrogens with one attached hydrogen (secondary N) is 1. The van der Waals surface area contributed by atoms with Gasteiger partial charge in [0.15, 0.2) is 0 Å². The lowest BCUT2D eigenvalue weighted by atomic mass is 9.90. The van der Waals surface area contributed by atoms with Crippen LogP contribution in [0.15, 0.2) is 0 Å². The zero-order valence-electron chi connectivity index (χ0n) is 11.1. The van der Waals surface area contributed by atoms with Crippen LogP contribution in [-0.4, -0.2) is 41.0 Å². The maximum Gasteiger partial charge on any atom is 0.321 e. The molecule has 4 nitrogen and oxygen atoms in total. The lowest BCUT2D eigenvalue weighted by Crippen LogP contribution is -2.42. The van der Waals surface area contributed by atoms with Gasteiger partial charge >= 0.3 is 5.97 Å². The van der Waals surface area contributed by atoms with Gasteiger partial charge in [-0.05, 0) is 11.2 Å². The molecule has 1 atom stereocenters. The van der Waals surface area contributed by atoms with Crippen LogP contribution in [0.1, 0.15) is 34.1 Å². The van der Waals surface area contributed by atoms with E-state index in [0.29, 0.717) is 12.2 Å². The Morgan fingerprint density at radius 3 is 2.35 bits per heavy atom. The van der Waals surface area contributed by atoms with Crippen molar-refractivity contribution in [3.05, 3.63) is 0 Å². The predicted molar refractivity (Wildman–Crippen MR) is 71.5 cm³/mol. The second-order valence-corrected chi connectivity index (χ2v) is 6.53. The maximum absolute atomic E-state index is 11.6. The van der Waals surface area contributed by atoms with E-state index < -0.39 is 12.0 Å². The summed E-state index contributed by atoms with van der Waals surface area (Å²) in [5, 5.41) is 11.8. The van der Waals surface area contributed by atoms with Crippen LogP contribution < -0.4 is 5.32 Å². The number of ketones is 1. The highest BCUT2D eigenvalue weighted by Gasteiger charge is 2.20. The number of carbonyl (C=O) groups is 2. The van der Waals surface area contributed by atoms with Crippen molar-refractivity contribution in [3.63, 3.8) is 0 Å². The van der Waals surface area contributed by atoms with Crippen LogP contribution in [0.25, 0.3) is 0 Å². The molecule has 0 saturated carbocycles. The summed E-state index contributed by atoms with van der Waals surface area (Å²) >= 11 is 1.55. The van der Waals surface area contributed by atoms with Crippen molar-refractivity contribution < 1.29 is 14.7 Å². The van der Waals surface area contributed by atoms with Crippen LogP contribution in [0.3, 0.4) is 0 Å². The van der Waals surface area contributed by atoms with Crippen molar-refractivity contribution in [2.75, 3.05) is 18.1 Å². The highest BCUT2D eigenvalue weighted by Crippen LogP contribution is 2.18. The smallest absolute Gasteiger partial charge is 0.321 e. The van der Waals surface area contributed by atoms with E-state index in [1.165, 1.54) is 0 Å². The van der Waals surface area contributed by atoms with Gasteiger partial charge in [-0.1, -0.05) is 27.7 Å². The molecule has 0 aromatic heterocycles. The highest BCUT2D eigenvalue weighted by atomic mass is 32.2. The minimum atomic E-state index is -0.894. The molecule has 0 aliphatic heterocycles. The van der Waals surface area contributed by atoms with E-state index in [9.17, 15) is 9.59 Å². The molecular weight excluding hydrogens is 238 g/mol. The van der Waals surface area contributed by atoms with Gasteiger partial charge in [-0.2, -0.15) is 11.8 Å². The van der Waals surface area contributed by atoms with Crippen molar-refractivity contribution in [1.82, 2.24) is 5.32 Å². The quantitative estimate of drug-likeness (QED) is 0.697. The number of carboxylic acids is 1. The Balaban J connectivity index is 4.04. The second kappa shape index (κ2) is 7.71. The molecule has 100 valence electrons. The van der Waals surface area contributed by atoms with Gasteiger partial charge in [0.1, 0.15) is 11.8 Å². The first-order valence-electron chi connectivity index (χ1n) is 5.82. The summed E-state index contributed by atoms with van der Waals surface area (Å²) in [5.74, 6) is 0.538. The van der Waals surface area contributed by atoms with E-state index in [2.05, 4.69) is 5.32 Å². The SMILES string of the molecule is CCSC[C@H](NCC(=O)CC(C)(C)C)C(=O)O. The lowest BCUT2D eigenvalue weighted by Gasteiger charge is -2.18. The van der Waals surface area contributed by atoms with Gasteiger partial charge in [0, 0.05) is 12.2 Å². The van der Waals surface area contributed by atoms with E-state index in [4.69, 9.17) is 5.11 Å². The summed E-state index contributed by atoms with van der Waals surface area (Å²) in [6.45, 7) is 8.10. The largest absolute Gasteiger partial charge is 0.480 e. The van der Waals surface area contributed by atoms with Gasteiger partial charge in [-0.25, -0.2) is 0 Å². The first-order chi connectivity index (χ1) is 7.76. The zero-order chi connectivity index (χ0) is 13.5. The Bertz CT molecular complexity index is 261. The first kappa shape index (κ1) is 16.4. The molecule has 0 radical (unpaired) electrons. The highest BCUT2D eigenvalue weighted by molar-refractivity contribution is 7.99. The number of hydrogen-bond acceptors (Lipinski definition) is 4. The van der Waals surface area contributed by atoms with E-state index >= 15 is 0 Å². The minimum absolute atomic E-state index is 0.0460. The van der Waals surface area contributed by atoms with Crippen LogP contribution in [0, 0.1) is 5.41 Å². The molecule has 0 heterocycles. The molecule has 17 heavy (non-hydrogen) atoms. The van der Waals surface area contributed by atoms with Crippen molar-refractivity contribution >= 4 is 23.5 Å². The van der Waals surface area contributed by atoms with E-state index in [-0.39, 0.29) is 17.7 Å². The molecule has 2 N–H and O–H groups in total. The Labute approximate surface area is 108 Å². The molecule has 5 heteroatoms. The van der Waals surface area contributed by atoms with Gasteiger partial charge in [0.2, 0.25) is 0 Å². The van der Waals surface area contributed by atoms with Crippen molar-refractivity contribution in [2.45, 2.75) is 40.2 Å². The number of carboxylic acid groups (broad SMARTS) is 1. The topological polar surface area (TPSA) is 66.4 Å². The monoisotopic (exact) mass is 261 g/mol. The third kappa shape index (κ3) is 9.18. The maximum atomic E-state index is 11.6. The molecule has 0 amide bonds. The fraction of sp³-hybridized carbons (Fsp3) is 0.833. The summed E-state index contributed by atoms with van der Waals surface area (Å²) in [6.07, 6.45) is 0.466. The summed E-state index contributed by atoms with van der Waals surface area (Å²) in [7, 11) is 0. The molecule has 0 spiro atoms. The van der Waals surface area contributed by atoms with Gasteiger partial charge in [0.25, 0.3) is 0 Å². The summed E-state index contributed by atoms with van der Waals surface area (Å²) in [6, 6.07) is -0.635. The van der Waals surface area contributed by atoms with Crippen LogP contribution in [-0.2, 0) is 9.59 Å². The molecule has 0 rings (SSSR count). The number of thioether (sulfide) groups is 1. The van der Waals surface area contributed by atoms with Gasteiger partial charge in [-0.3, -0.25) is 14.9 Å². The fourth-order valence-electron chi connectivity index (χ4n) is 1.34. The van der Waals surface area contributed by atoms with Crippen LogP contribution in [0.4, 0.5) is 0 Å². The van der Waals surface area contributed by atoms with Crippen LogP contribution in [0.5, 0.6) is 0 Å². The van der Waals surface area contributed by atoms with Gasteiger partial charge in [0.05, 0.1) is 6.54 Å². The number of Topliss-reactive ketones (excluding diaryl/α,β-unsaturated/α-hetero) is 1. The zero-order valence-corrected chi connectivity index (χ0v) is 11.9. The third-order valence-electron chi connectivity index (χ3n) is 2.06. The predicted octanol–water partition coefficient (Wildman–Crippen LogP) is 1.79. The standard InChI is InChI=1S/C12H23NO3S/c1-5-17-8-10(11(15)16)13-7-9(14)6-12(2,3)4/h10,13H,5-8H2,1-4H3,(H,15,16)/t10-/m0/s1. The average Bonchev–Trinajstić information content (AvgIpc) is 2.14. The number of aliphatic carboxylic acids is 1. The van der Waals surface area contributed by atoms with E-state index in [1.807, 2.05) is 27.7 Å². The van der Waals surface area contributed by atoms with Crippen molar-refractivity contribution in [1.29, 1.82) is 0 Å². The normalized spacial score (nSPS) is 13.4. The number of carbonyl (C=O) groups excluding carboxylic acids is 1. The van der Waals surface area contributed by atoms with E-state index in [1.54, 1.807) is 11.8 Å². The van der Waals surface area contributed by atoms with Gasteiger partial charge < -0.3 is 5.11 Å². The number of rotatable bonds is 8. The second-order valence-electron chi connectivity index (χ2n) is 5.21. The van der Waals surface area contributed by atoms with Crippen molar-refractivity contribution in [2.24, 2.45) is 5.41 Å². The molecular formula is C12H23NO3S. The number of hydrogen-bond donors (Lipinski definition) is 2. The molecule has 0 aromatic rings. The Hall–Kier alpha value is -0.550. The fourth-order valence-corrected chi connectivity index (χ4v) is 2.08. The molecule has 0 fully saturated rings. The molecule has 0 aliphatic rings. The van der Waals surface area contributed by atoms with Gasteiger partial charge in [-0.15, -0.1) is 0 Å². The summed E-state index contributed by atoms with van der Waals surface area (Å²) < 4.78 is 0. The summed E-state index contributed by atoms with van der Waals surface area (Å²) in [5.41, 5.74) is -0.0460. The average molecular weight is 261 g/mol. The van der Waals surface area contributed by atoms with Crippen LogP contribution in [0.2, 0.25) is 0 Å². The lowest BCUT2D eigenvalue weighted by molar-refractivity contribution is -0.138. The Kier molecular flexibility index (Phi) is 7.46.